The van der Waals surface area contributed by atoms with Crippen molar-refractivity contribution in [1.29, 1.82) is 0 Å². The number of benzene rings is 2. The van der Waals surface area contributed by atoms with E-state index in [1.165, 1.54) is 5.56 Å². The molecule has 0 saturated heterocycles. The first-order valence-corrected chi connectivity index (χ1v) is 7.57. The fraction of sp³-hybridized carbons (Fsp3) is 0.333. The molecular formula is C18H22N2O2. The maximum Gasteiger partial charge on any atom is 0.269 e. The highest BCUT2D eigenvalue weighted by Crippen LogP contribution is 2.14. The SMILES string of the molecule is CC(C)N(CCc1ccc([N+](=O)[O-])cc1)Cc1ccccc1. The Morgan fingerprint density at radius 3 is 2.18 bits per heavy atom. The molecule has 0 bridgehead atoms. The molecule has 0 aliphatic carbocycles. The van der Waals surface area contributed by atoms with Crippen LogP contribution in [0.25, 0.3) is 0 Å². The molecule has 116 valence electrons. The van der Waals surface area contributed by atoms with Crippen molar-refractivity contribution in [3.05, 3.63) is 75.8 Å². The molecule has 22 heavy (non-hydrogen) atoms. The second kappa shape index (κ2) is 7.71. The largest absolute Gasteiger partial charge is 0.296 e. The van der Waals surface area contributed by atoms with Gasteiger partial charge in [0.05, 0.1) is 4.92 Å². The van der Waals surface area contributed by atoms with Crippen LogP contribution in [0.4, 0.5) is 5.69 Å². The molecule has 0 aliphatic heterocycles. The van der Waals surface area contributed by atoms with Crippen molar-refractivity contribution in [2.24, 2.45) is 0 Å². The van der Waals surface area contributed by atoms with E-state index in [4.69, 9.17) is 0 Å². The Morgan fingerprint density at radius 2 is 1.64 bits per heavy atom. The molecule has 0 amide bonds. The number of rotatable bonds is 7. The first-order chi connectivity index (χ1) is 10.6. The molecule has 0 aromatic heterocycles. The molecular weight excluding hydrogens is 276 g/mol. The lowest BCUT2D eigenvalue weighted by molar-refractivity contribution is -0.384. The molecule has 4 nitrogen and oxygen atoms in total. The lowest BCUT2D eigenvalue weighted by Crippen LogP contribution is -2.32. The van der Waals surface area contributed by atoms with E-state index in [-0.39, 0.29) is 10.6 Å². The topological polar surface area (TPSA) is 46.4 Å². The van der Waals surface area contributed by atoms with Gasteiger partial charge in [-0.05, 0) is 31.4 Å². The van der Waals surface area contributed by atoms with Gasteiger partial charge in [0.1, 0.15) is 0 Å². The summed E-state index contributed by atoms with van der Waals surface area (Å²) >= 11 is 0. The number of non-ortho nitro benzene ring substituents is 1. The van der Waals surface area contributed by atoms with E-state index >= 15 is 0 Å². The molecule has 4 heteroatoms. The third-order valence-electron chi connectivity index (χ3n) is 3.79. The van der Waals surface area contributed by atoms with Gasteiger partial charge in [0.25, 0.3) is 5.69 Å². The molecule has 0 saturated carbocycles. The van der Waals surface area contributed by atoms with Crippen LogP contribution in [0.1, 0.15) is 25.0 Å². The van der Waals surface area contributed by atoms with Gasteiger partial charge >= 0.3 is 0 Å². The number of nitro groups is 1. The Labute approximate surface area is 131 Å². The van der Waals surface area contributed by atoms with Crippen LogP contribution in [0.2, 0.25) is 0 Å². The molecule has 0 radical (unpaired) electrons. The second-order valence-electron chi connectivity index (χ2n) is 5.72. The molecule has 0 atom stereocenters. The van der Waals surface area contributed by atoms with E-state index in [1.54, 1.807) is 12.1 Å². The zero-order valence-electron chi connectivity index (χ0n) is 13.1. The van der Waals surface area contributed by atoms with Crippen molar-refractivity contribution in [1.82, 2.24) is 4.90 Å². The number of hydrogen-bond acceptors (Lipinski definition) is 3. The summed E-state index contributed by atoms with van der Waals surface area (Å²) in [5.41, 5.74) is 2.58. The van der Waals surface area contributed by atoms with Gasteiger partial charge in [0.15, 0.2) is 0 Å². The summed E-state index contributed by atoms with van der Waals surface area (Å²) in [6.45, 7) is 6.24. The third-order valence-corrected chi connectivity index (χ3v) is 3.79. The van der Waals surface area contributed by atoms with Crippen molar-refractivity contribution in [3.63, 3.8) is 0 Å². The van der Waals surface area contributed by atoms with Crippen LogP contribution in [0.15, 0.2) is 54.6 Å². The molecule has 2 rings (SSSR count). The average molecular weight is 298 g/mol. The summed E-state index contributed by atoms with van der Waals surface area (Å²) < 4.78 is 0. The van der Waals surface area contributed by atoms with E-state index < -0.39 is 0 Å². The molecule has 0 aliphatic rings. The number of nitrogens with zero attached hydrogens (tertiary/aromatic N) is 2. The first-order valence-electron chi connectivity index (χ1n) is 7.57. The third kappa shape index (κ3) is 4.67. The van der Waals surface area contributed by atoms with Gasteiger partial charge < -0.3 is 0 Å². The van der Waals surface area contributed by atoms with Crippen LogP contribution >= 0.6 is 0 Å². The maximum atomic E-state index is 10.7. The maximum absolute atomic E-state index is 10.7. The fourth-order valence-electron chi connectivity index (χ4n) is 2.39. The predicted molar refractivity (Wildman–Crippen MR) is 88.8 cm³/mol. The van der Waals surface area contributed by atoms with Gasteiger partial charge in [-0.3, -0.25) is 15.0 Å². The molecule has 0 heterocycles. The minimum atomic E-state index is -0.362. The summed E-state index contributed by atoms with van der Waals surface area (Å²) in [5.74, 6) is 0. The molecule has 2 aromatic carbocycles. The van der Waals surface area contributed by atoms with E-state index in [0.29, 0.717) is 6.04 Å². The Hall–Kier alpha value is -2.20. The smallest absolute Gasteiger partial charge is 0.269 e. The van der Waals surface area contributed by atoms with Gasteiger partial charge in [0.2, 0.25) is 0 Å². The van der Waals surface area contributed by atoms with Crippen LogP contribution in [0.3, 0.4) is 0 Å². The minimum Gasteiger partial charge on any atom is -0.296 e. The van der Waals surface area contributed by atoms with Crippen LogP contribution in [0, 0.1) is 10.1 Å². The Morgan fingerprint density at radius 1 is 1.00 bits per heavy atom. The predicted octanol–water partition coefficient (Wildman–Crippen LogP) is 4.05. The summed E-state index contributed by atoms with van der Waals surface area (Å²) in [6.07, 6.45) is 0.892. The van der Waals surface area contributed by atoms with Crippen LogP contribution < -0.4 is 0 Å². The van der Waals surface area contributed by atoms with Crippen LogP contribution in [0.5, 0.6) is 0 Å². The molecule has 2 aromatic rings. The molecule has 0 unspecified atom stereocenters. The van der Waals surface area contributed by atoms with Crippen molar-refractivity contribution < 1.29 is 4.92 Å². The summed E-state index contributed by atoms with van der Waals surface area (Å²) in [4.78, 5) is 12.7. The quantitative estimate of drug-likeness (QED) is 0.572. The zero-order valence-corrected chi connectivity index (χ0v) is 13.1. The highest BCUT2D eigenvalue weighted by molar-refractivity contribution is 5.33. The van der Waals surface area contributed by atoms with Gasteiger partial charge in [-0.25, -0.2) is 0 Å². The number of nitro benzene ring substituents is 1. The Bertz CT molecular complexity index is 594. The fourth-order valence-corrected chi connectivity index (χ4v) is 2.39. The van der Waals surface area contributed by atoms with Crippen LogP contribution in [-0.2, 0) is 13.0 Å². The van der Waals surface area contributed by atoms with E-state index in [9.17, 15) is 10.1 Å². The first kappa shape index (κ1) is 16.2. The lowest BCUT2D eigenvalue weighted by Gasteiger charge is -2.26. The van der Waals surface area contributed by atoms with Gasteiger partial charge in [0, 0.05) is 31.3 Å². The van der Waals surface area contributed by atoms with Crippen LogP contribution in [-0.4, -0.2) is 22.4 Å². The monoisotopic (exact) mass is 298 g/mol. The zero-order chi connectivity index (χ0) is 15.9. The van der Waals surface area contributed by atoms with Crippen molar-refractivity contribution in [2.45, 2.75) is 32.9 Å². The Balaban J connectivity index is 1.95. The minimum absolute atomic E-state index is 0.147. The van der Waals surface area contributed by atoms with E-state index in [1.807, 2.05) is 18.2 Å². The molecule has 0 spiro atoms. The highest BCUT2D eigenvalue weighted by atomic mass is 16.6. The summed E-state index contributed by atoms with van der Waals surface area (Å²) in [6, 6.07) is 17.7. The van der Waals surface area contributed by atoms with E-state index in [0.717, 1.165) is 25.1 Å². The summed E-state index contributed by atoms with van der Waals surface area (Å²) in [7, 11) is 0. The van der Waals surface area contributed by atoms with Crippen molar-refractivity contribution >= 4 is 5.69 Å². The molecule has 0 N–H and O–H groups in total. The summed E-state index contributed by atoms with van der Waals surface area (Å²) in [5, 5.41) is 10.7. The van der Waals surface area contributed by atoms with Gasteiger partial charge in [-0.1, -0.05) is 42.5 Å². The van der Waals surface area contributed by atoms with Crippen molar-refractivity contribution in [3.8, 4) is 0 Å². The second-order valence-corrected chi connectivity index (χ2v) is 5.72. The van der Waals surface area contributed by atoms with Crippen molar-refractivity contribution in [2.75, 3.05) is 6.54 Å². The van der Waals surface area contributed by atoms with Gasteiger partial charge in [-0.2, -0.15) is 0 Å². The van der Waals surface area contributed by atoms with E-state index in [2.05, 4.69) is 43.0 Å². The number of hydrogen-bond donors (Lipinski definition) is 0. The lowest BCUT2D eigenvalue weighted by atomic mass is 10.1. The normalized spacial score (nSPS) is 11.1. The highest BCUT2D eigenvalue weighted by Gasteiger charge is 2.11. The Kier molecular flexibility index (Phi) is 5.67. The van der Waals surface area contributed by atoms with Gasteiger partial charge in [-0.15, -0.1) is 0 Å². The molecule has 0 fully saturated rings. The average Bonchev–Trinajstić information content (AvgIpc) is 2.52. The standard InChI is InChI=1S/C18H22N2O2/c1-15(2)19(14-17-6-4-3-5-7-17)13-12-16-8-10-18(11-9-16)20(21)22/h3-11,15H,12-14H2,1-2H3.